The van der Waals surface area contributed by atoms with E-state index in [4.69, 9.17) is 4.74 Å². The lowest BCUT2D eigenvalue weighted by atomic mass is 9.89. The molecule has 1 aromatic rings. The van der Waals surface area contributed by atoms with Crippen molar-refractivity contribution >= 4 is 0 Å². The van der Waals surface area contributed by atoms with Crippen LogP contribution in [0.3, 0.4) is 0 Å². The van der Waals surface area contributed by atoms with Crippen molar-refractivity contribution in [2.75, 3.05) is 6.61 Å². The summed E-state index contributed by atoms with van der Waals surface area (Å²) in [4.78, 5) is 0. The van der Waals surface area contributed by atoms with Crippen LogP contribution in [-0.4, -0.2) is 23.4 Å². The highest BCUT2D eigenvalue weighted by molar-refractivity contribution is 5.27. The highest BCUT2D eigenvalue weighted by Gasteiger charge is 2.32. The average Bonchev–Trinajstić information content (AvgIpc) is 2.32. The molecule has 1 N–H and O–H groups in total. The first-order chi connectivity index (χ1) is 8.42. The summed E-state index contributed by atoms with van der Waals surface area (Å²) in [5, 5.41) is 10.3. The molecule has 0 bridgehead atoms. The number of aryl methyl sites for hydroxylation is 1. The zero-order valence-corrected chi connectivity index (χ0v) is 11.7. The molecular formula is C15H23FO2. The Bertz CT molecular complexity index is 392. The molecule has 1 aromatic carbocycles. The zero-order valence-electron chi connectivity index (χ0n) is 11.7. The summed E-state index contributed by atoms with van der Waals surface area (Å²) < 4.78 is 18.7. The topological polar surface area (TPSA) is 29.5 Å². The Morgan fingerprint density at radius 3 is 2.56 bits per heavy atom. The summed E-state index contributed by atoms with van der Waals surface area (Å²) >= 11 is 0. The second-order valence-electron chi connectivity index (χ2n) is 4.89. The molecule has 0 aliphatic heterocycles. The standard InChI is InChI=1S/C15H23FO2/c1-5-15(4,18-6-2)14(17)10-12-7-8-13(16)9-11(12)3/h7-9,14,17H,5-6,10H2,1-4H3. The number of benzene rings is 1. The lowest BCUT2D eigenvalue weighted by molar-refractivity contribution is -0.110. The number of hydrogen-bond donors (Lipinski definition) is 1. The van der Waals surface area contributed by atoms with E-state index in [2.05, 4.69) is 0 Å². The highest BCUT2D eigenvalue weighted by atomic mass is 19.1. The molecule has 18 heavy (non-hydrogen) atoms. The van der Waals surface area contributed by atoms with E-state index in [0.717, 1.165) is 17.5 Å². The summed E-state index contributed by atoms with van der Waals surface area (Å²) in [5.41, 5.74) is 1.28. The van der Waals surface area contributed by atoms with Crippen molar-refractivity contribution in [2.24, 2.45) is 0 Å². The van der Waals surface area contributed by atoms with E-state index in [-0.39, 0.29) is 5.82 Å². The van der Waals surface area contributed by atoms with Crippen LogP contribution in [0.1, 0.15) is 38.3 Å². The number of ether oxygens (including phenoxy) is 1. The number of aliphatic hydroxyl groups is 1. The highest BCUT2D eigenvalue weighted by Crippen LogP contribution is 2.24. The number of aliphatic hydroxyl groups excluding tert-OH is 1. The van der Waals surface area contributed by atoms with Gasteiger partial charge in [-0.3, -0.25) is 0 Å². The van der Waals surface area contributed by atoms with Gasteiger partial charge in [0.15, 0.2) is 0 Å². The Balaban J connectivity index is 2.82. The number of rotatable bonds is 6. The van der Waals surface area contributed by atoms with E-state index in [1.54, 1.807) is 6.07 Å². The van der Waals surface area contributed by atoms with Crippen molar-refractivity contribution < 1.29 is 14.2 Å². The molecular weight excluding hydrogens is 231 g/mol. The third kappa shape index (κ3) is 3.53. The van der Waals surface area contributed by atoms with Crippen molar-refractivity contribution in [3.63, 3.8) is 0 Å². The van der Waals surface area contributed by atoms with E-state index in [0.29, 0.717) is 13.0 Å². The van der Waals surface area contributed by atoms with Gasteiger partial charge in [-0.1, -0.05) is 13.0 Å². The summed E-state index contributed by atoms with van der Waals surface area (Å²) in [6.45, 7) is 8.26. The largest absolute Gasteiger partial charge is 0.390 e. The Hall–Kier alpha value is -0.930. The van der Waals surface area contributed by atoms with Gasteiger partial charge in [0.25, 0.3) is 0 Å². The Labute approximate surface area is 109 Å². The van der Waals surface area contributed by atoms with Crippen molar-refractivity contribution in [2.45, 2.75) is 52.2 Å². The fourth-order valence-electron chi connectivity index (χ4n) is 2.08. The van der Waals surface area contributed by atoms with Gasteiger partial charge in [-0.15, -0.1) is 0 Å². The molecule has 0 amide bonds. The quantitative estimate of drug-likeness (QED) is 0.844. The smallest absolute Gasteiger partial charge is 0.123 e. The Kier molecular flexibility index (Phi) is 5.29. The maximum atomic E-state index is 13.0. The van der Waals surface area contributed by atoms with Crippen LogP contribution in [0.2, 0.25) is 0 Å². The molecule has 0 aliphatic carbocycles. The molecule has 0 aromatic heterocycles. The van der Waals surface area contributed by atoms with Gasteiger partial charge in [-0.2, -0.15) is 0 Å². The minimum Gasteiger partial charge on any atom is -0.390 e. The monoisotopic (exact) mass is 254 g/mol. The summed E-state index contributed by atoms with van der Waals surface area (Å²) in [6.07, 6.45) is 0.630. The first kappa shape index (κ1) is 15.1. The molecule has 2 unspecified atom stereocenters. The molecule has 2 nitrogen and oxygen atoms in total. The molecule has 102 valence electrons. The predicted molar refractivity (Wildman–Crippen MR) is 71.2 cm³/mol. The molecule has 0 saturated heterocycles. The van der Waals surface area contributed by atoms with E-state index in [1.807, 2.05) is 27.7 Å². The maximum Gasteiger partial charge on any atom is 0.123 e. The van der Waals surface area contributed by atoms with Crippen LogP contribution < -0.4 is 0 Å². The maximum absolute atomic E-state index is 13.0. The van der Waals surface area contributed by atoms with Crippen molar-refractivity contribution in [3.8, 4) is 0 Å². The first-order valence-electron chi connectivity index (χ1n) is 6.50. The van der Waals surface area contributed by atoms with Crippen LogP contribution in [0, 0.1) is 12.7 Å². The van der Waals surface area contributed by atoms with E-state index < -0.39 is 11.7 Å². The SMILES string of the molecule is CCOC(C)(CC)C(O)Cc1ccc(F)cc1C. The molecule has 0 radical (unpaired) electrons. The van der Waals surface area contributed by atoms with Crippen LogP contribution in [0.15, 0.2) is 18.2 Å². The van der Waals surface area contributed by atoms with Gasteiger partial charge in [0.05, 0.1) is 11.7 Å². The fourth-order valence-corrected chi connectivity index (χ4v) is 2.08. The molecule has 0 saturated carbocycles. The lowest BCUT2D eigenvalue weighted by Gasteiger charge is -2.33. The van der Waals surface area contributed by atoms with E-state index in [1.165, 1.54) is 12.1 Å². The number of hydrogen-bond acceptors (Lipinski definition) is 2. The second kappa shape index (κ2) is 6.30. The molecule has 2 atom stereocenters. The predicted octanol–water partition coefficient (Wildman–Crippen LogP) is 3.24. The molecule has 0 aliphatic rings. The van der Waals surface area contributed by atoms with Crippen LogP contribution in [0.25, 0.3) is 0 Å². The molecule has 0 fully saturated rings. The normalized spacial score (nSPS) is 16.3. The van der Waals surface area contributed by atoms with Gasteiger partial charge in [0, 0.05) is 13.0 Å². The second-order valence-corrected chi connectivity index (χ2v) is 4.89. The number of halogens is 1. The summed E-state index contributed by atoms with van der Waals surface area (Å²) in [5.74, 6) is -0.242. The Morgan fingerprint density at radius 2 is 2.06 bits per heavy atom. The van der Waals surface area contributed by atoms with Gasteiger partial charge < -0.3 is 9.84 Å². The van der Waals surface area contributed by atoms with E-state index >= 15 is 0 Å². The van der Waals surface area contributed by atoms with Gasteiger partial charge in [0.1, 0.15) is 5.82 Å². The van der Waals surface area contributed by atoms with Crippen LogP contribution in [0.5, 0.6) is 0 Å². The molecule has 0 spiro atoms. The summed E-state index contributed by atoms with van der Waals surface area (Å²) in [6, 6.07) is 4.65. The van der Waals surface area contributed by atoms with Crippen LogP contribution in [-0.2, 0) is 11.2 Å². The minimum absolute atomic E-state index is 0.242. The third-order valence-corrected chi connectivity index (χ3v) is 3.60. The Morgan fingerprint density at radius 1 is 1.39 bits per heavy atom. The van der Waals surface area contributed by atoms with Crippen LogP contribution in [0.4, 0.5) is 4.39 Å². The first-order valence-corrected chi connectivity index (χ1v) is 6.50. The zero-order chi connectivity index (χ0) is 13.8. The van der Waals surface area contributed by atoms with Crippen molar-refractivity contribution in [1.82, 2.24) is 0 Å². The van der Waals surface area contributed by atoms with Gasteiger partial charge in [-0.05, 0) is 50.5 Å². The fraction of sp³-hybridized carbons (Fsp3) is 0.600. The van der Waals surface area contributed by atoms with Crippen LogP contribution >= 0.6 is 0 Å². The van der Waals surface area contributed by atoms with E-state index in [9.17, 15) is 9.50 Å². The van der Waals surface area contributed by atoms with Gasteiger partial charge in [0.2, 0.25) is 0 Å². The van der Waals surface area contributed by atoms with Crippen molar-refractivity contribution in [1.29, 1.82) is 0 Å². The third-order valence-electron chi connectivity index (χ3n) is 3.60. The minimum atomic E-state index is -0.591. The van der Waals surface area contributed by atoms with Crippen molar-refractivity contribution in [3.05, 3.63) is 35.1 Å². The van der Waals surface area contributed by atoms with Gasteiger partial charge in [-0.25, -0.2) is 4.39 Å². The lowest BCUT2D eigenvalue weighted by Crippen LogP contribution is -2.43. The summed E-state index contributed by atoms with van der Waals surface area (Å²) in [7, 11) is 0. The average molecular weight is 254 g/mol. The van der Waals surface area contributed by atoms with Gasteiger partial charge >= 0.3 is 0 Å². The molecule has 0 heterocycles. The molecule has 3 heteroatoms. The molecule has 1 rings (SSSR count).